The molecule has 1 fully saturated rings. The highest BCUT2D eigenvalue weighted by molar-refractivity contribution is 7.17. The summed E-state index contributed by atoms with van der Waals surface area (Å²) in [5, 5.41) is 15.8. The van der Waals surface area contributed by atoms with Crippen LogP contribution in [-0.2, 0) is 0 Å². The van der Waals surface area contributed by atoms with Gasteiger partial charge in [-0.1, -0.05) is 29.0 Å². The number of thiazole rings is 1. The first-order chi connectivity index (χ1) is 12.5. The fraction of sp³-hybridized carbons (Fsp3) is 0.312. The lowest BCUT2D eigenvalue weighted by Crippen LogP contribution is -2.29. The second-order valence-electron chi connectivity index (χ2n) is 5.71. The van der Waals surface area contributed by atoms with Crippen LogP contribution in [0.5, 0.6) is 0 Å². The van der Waals surface area contributed by atoms with Crippen molar-refractivity contribution in [3.8, 4) is 0 Å². The summed E-state index contributed by atoms with van der Waals surface area (Å²) in [4.78, 5) is 29.4. The molecule has 10 heteroatoms. The Kier molecular flexibility index (Phi) is 5.79. The van der Waals surface area contributed by atoms with Gasteiger partial charge in [0.05, 0.1) is 16.0 Å². The molecule has 1 N–H and O–H groups in total. The van der Waals surface area contributed by atoms with Crippen LogP contribution in [0, 0.1) is 10.1 Å². The van der Waals surface area contributed by atoms with Crippen LogP contribution in [0.1, 0.15) is 34.5 Å². The Morgan fingerprint density at radius 1 is 1.38 bits per heavy atom. The van der Waals surface area contributed by atoms with E-state index < -0.39 is 10.8 Å². The third-order valence-corrected chi connectivity index (χ3v) is 5.34. The highest BCUT2D eigenvalue weighted by Crippen LogP contribution is 2.30. The lowest BCUT2D eigenvalue weighted by atomic mass is 10.1. The van der Waals surface area contributed by atoms with Gasteiger partial charge in [0, 0.05) is 30.8 Å². The summed E-state index contributed by atoms with van der Waals surface area (Å²) in [5.41, 5.74) is 2.34. The standard InChI is InChI=1S/C16H16ClN5O3S/c17-14-13(26-16(19-14)21-7-2-1-3-8-21)10-18-20-15(23)11-5-4-6-12(9-11)22(24)25/h4-6,9-10H,1-3,7-8H2,(H,20,23)/b18-10-. The van der Waals surface area contributed by atoms with Crippen LogP contribution in [0.25, 0.3) is 0 Å². The van der Waals surface area contributed by atoms with Gasteiger partial charge in [-0.25, -0.2) is 10.4 Å². The van der Waals surface area contributed by atoms with Gasteiger partial charge in [0.1, 0.15) is 0 Å². The molecule has 1 aromatic carbocycles. The largest absolute Gasteiger partial charge is 0.348 e. The van der Waals surface area contributed by atoms with Crippen molar-refractivity contribution in [3.05, 3.63) is 50.0 Å². The molecule has 0 unspecified atom stereocenters. The van der Waals surface area contributed by atoms with Gasteiger partial charge in [0.15, 0.2) is 10.3 Å². The molecular formula is C16H16ClN5O3S. The first-order valence-corrected chi connectivity index (χ1v) is 9.23. The van der Waals surface area contributed by atoms with Crippen LogP contribution in [0.15, 0.2) is 29.4 Å². The van der Waals surface area contributed by atoms with Gasteiger partial charge in [-0.15, -0.1) is 0 Å². The fourth-order valence-electron chi connectivity index (χ4n) is 2.58. The average Bonchev–Trinajstić information content (AvgIpc) is 3.03. The molecule has 2 heterocycles. The summed E-state index contributed by atoms with van der Waals surface area (Å²) in [6, 6.07) is 5.44. The van der Waals surface area contributed by atoms with E-state index in [4.69, 9.17) is 11.6 Å². The molecule has 1 aromatic heterocycles. The quantitative estimate of drug-likeness (QED) is 0.476. The Labute approximate surface area is 158 Å². The van der Waals surface area contributed by atoms with Gasteiger partial charge in [-0.2, -0.15) is 5.10 Å². The molecule has 1 aliphatic rings. The SMILES string of the molecule is O=C(N/N=C\c1sc(N2CCCCC2)nc1Cl)c1cccc([N+](=O)[O-])c1. The number of non-ortho nitro benzene ring substituents is 1. The monoisotopic (exact) mass is 393 g/mol. The topological polar surface area (TPSA) is 101 Å². The fourth-order valence-corrected chi connectivity index (χ4v) is 3.75. The molecule has 2 aromatic rings. The van der Waals surface area contributed by atoms with E-state index in [2.05, 4.69) is 20.4 Å². The van der Waals surface area contributed by atoms with Gasteiger partial charge < -0.3 is 4.90 Å². The van der Waals surface area contributed by atoms with Crippen LogP contribution in [-0.4, -0.2) is 35.1 Å². The molecule has 0 bridgehead atoms. The highest BCUT2D eigenvalue weighted by atomic mass is 35.5. The molecule has 26 heavy (non-hydrogen) atoms. The number of amides is 1. The minimum Gasteiger partial charge on any atom is -0.348 e. The molecule has 8 nitrogen and oxygen atoms in total. The maximum atomic E-state index is 12.0. The molecular weight excluding hydrogens is 378 g/mol. The van der Waals surface area contributed by atoms with Crippen molar-refractivity contribution < 1.29 is 9.72 Å². The predicted octanol–water partition coefficient (Wildman–Crippen LogP) is 3.46. The smallest absolute Gasteiger partial charge is 0.271 e. The number of nitro groups is 1. The zero-order valence-corrected chi connectivity index (χ0v) is 15.3. The van der Waals surface area contributed by atoms with Crippen molar-refractivity contribution in [2.45, 2.75) is 19.3 Å². The number of hydrogen-bond donors (Lipinski definition) is 1. The zero-order valence-electron chi connectivity index (χ0n) is 13.7. The number of aromatic nitrogens is 1. The summed E-state index contributed by atoms with van der Waals surface area (Å²) < 4.78 is 0. The number of halogens is 1. The van der Waals surface area contributed by atoms with Crippen molar-refractivity contribution in [2.75, 3.05) is 18.0 Å². The van der Waals surface area contributed by atoms with E-state index in [1.165, 1.54) is 48.2 Å². The summed E-state index contributed by atoms with van der Waals surface area (Å²) in [6.07, 6.45) is 4.94. The molecule has 0 atom stereocenters. The number of rotatable bonds is 5. The van der Waals surface area contributed by atoms with Gasteiger partial charge in [0.2, 0.25) is 0 Å². The Hall–Kier alpha value is -2.52. The molecule has 1 amide bonds. The van der Waals surface area contributed by atoms with Crippen LogP contribution in [0.3, 0.4) is 0 Å². The van der Waals surface area contributed by atoms with E-state index in [1.807, 2.05) is 0 Å². The second-order valence-corrected chi connectivity index (χ2v) is 7.07. The summed E-state index contributed by atoms with van der Waals surface area (Å²) >= 11 is 7.56. The molecule has 1 saturated heterocycles. The number of nitrogens with zero attached hydrogens (tertiary/aromatic N) is 4. The number of hydrogen-bond acceptors (Lipinski definition) is 7. The predicted molar refractivity (Wildman–Crippen MR) is 101 cm³/mol. The first kappa shape index (κ1) is 18.3. The van der Waals surface area contributed by atoms with Gasteiger partial charge in [-0.05, 0) is 25.3 Å². The molecule has 3 rings (SSSR count). The molecule has 1 aliphatic heterocycles. The van der Waals surface area contributed by atoms with E-state index in [-0.39, 0.29) is 11.3 Å². The Bertz CT molecular complexity index is 848. The van der Waals surface area contributed by atoms with Crippen LogP contribution in [0.4, 0.5) is 10.8 Å². The molecule has 136 valence electrons. The van der Waals surface area contributed by atoms with E-state index in [0.29, 0.717) is 10.0 Å². The third-order valence-electron chi connectivity index (χ3n) is 3.89. The number of anilines is 1. The van der Waals surface area contributed by atoms with Crippen molar-refractivity contribution in [1.29, 1.82) is 0 Å². The van der Waals surface area contributed by atoms with E-state index in [1.54, 1.807) is 0 Å². The van der Waals surface area contributed by atoms with Crippen LogP contribution in [0.2, 0.25) is 5.15 Å². The Morgan fingerprint density at radius 2 is 2.15 bits per heavy atom. The molecule has 0 spiro atoms. The highest BCUT2D eigenvalue weighted by Gasteiger charge is 2.17. The Morgan fingerprint density at radius 3 is 2.88 bits per heavy atom. The summed E-state index contributed by atoms with van der Waals surface area (Å²) in [7, 11) is 0. The van der Waals surface area contributed by atoms with Crippen LogP contribution < -0.4 is 10.3 Å². The molecule has 0 radical (unpaired) electrons. The molecule has 0 aliphatic carbocycles. The number of carbonyl (C=O) groups excluding carboxylic acids is 1. The van der Waals surface area contributed by atoms with Crippen molar-refractivity contribution in [3.63, 3.8) is 0 Å². The number of nitro benzene ring substituents is 1. The number of piperidine rings is 1. The van der Waals surface area contributed by atoms with Gasteiger partial charge >= 0.3 is 0 Å². The normalized spacial score (nSPS) is 14.6. The van der Waals surface area contributed by atoms with Crippen molar-refractivity contribution in [2.24, 2.45) is 5.10 Å². The lowest BCUT2D eigenvalue weighted by Gasteiger charge is -2.25. The zero-order chi connectivity index (χ0) is 18.5. The number of benzene rings is 1. The first-order valence-electron chi connectivity index (χ1n) is 8.04. The number of hydrazone groups is 1. The van der Waals surface area contributed by atoms with Crippen molar-refractivity contribution >= 4 is 45.9 Å². The second kappa shape index (κ2) is 8.24. The van der Waals surface area contributed by atoms with E-state index in [0.717, 1.165) is 31.1 Å². The van der Waals surface area contributed by atoms with Crippen molar-refractivity contribution in [1.82, 2.24) is 10.4 Å². The number of nitrogens with one attached hydrogen (secondary N) is 1. The summed E-state index contributed by atoms with van der Waals surface area (Å²) in [5.74, 6) is -0.540. The summed E-state index contributed by atoms with van der Waals surface area (Å²) in [6.45, 7) is 1.92. The average molecular weight is 394 g/mol. The maximum absolute atomic E-state index is 12.0. The Balaban J connectivity index is 1.65. The number of carbonyl (C=O) groups is 1. The lowest BCUT2D eigenvalue weighted by molar-refractivity contribution is -0.384. The van der Waals surface area contributed by atoms with Gasteiger partial charge in [-0.3, -0.25) is 14.9 Å². The minimum atomic E-state index is -0.556. The van der Waals surface area contributed by atoms with E-state index >= 15 is 0 Å². The maximum Gasteiger partial charge on any atom is 0.271 e. The van der Waals surface area contributed by atoms with Gasteiger partial charge in [0.25, 0.3) is 11.6 Å². The van der Waals surface area contributed by atoms with E-state index in [9.17, 15) is 14.9 Å². The minimum absolute atomic E-state index is 0.153. The van der Waals surface area contributed by atoms with Crippen LogP contribution >= 0.6 is 22.9 Å². The molecule has 0 saturated carbocycles. The third kappa shape index (κ3) is 4.36.